The summed E-state index contributed by atoms with van der Waals surface area (Å²) in [5, 5.41) is 20.5. The van der Waals surface area contributed by atoms with Crippen molar-refractivity contribution in [1.29, 1.82) is 0 Å². The van der Waals surface area contributed by atoms with E-state index in [2.05, 4.69) is 0 Å². The molecular formula is C22H34N2O10S. The van der Waals surface area contributed by atoms with Crippen LogP contribution in [-0.2, 0) is 33.8 Å². The van der Waals surface area contributed by atoms with Crippen LogP contribution in [-0.4, -0.2) is 78.3 Å². The number of rotatable bonds is 12. The fraction of sp³-hybridized carbons (Fsp3) is 0.636. The minimum Gasteiger partial charge on any atom is -0.460 e. The standard InChI is InChI=1S/C22H34N2O10S/c1-21(2,3)33-19(26)15-17(20(27)34-22(4,5)6)23(11-13-32-14-12-25)35(30,31)18-10-8-7-9-16(18)24(28)29/h7-10,17,25H,11-15H2,1-6H3/t17-/m1/s1. The number of nitro benzene ring substituents is 1. The van der Waals surface area contributed by atoms with Crippen molar-refractivity contribution in [3.05, 3.63) is 34.4 Å². The third-order valence-electron chi connectivity index (χ3n) is 4.15. The fourth-order valence-electron chi connectivity index (χ4n) is 2.93. The highest BCUT2D eigenvalue weighted by atomic mass is 32.2. The molecule has 198 valence electrons. The zero-order valence-electron chi connectivity index (χ0n) is 20.8. The molecule has 0 unspecified atom stereocenters. The summed E-state index contributed by atoms with van der Waals surface area (Å²) in [7, 11) is -4.71. The summed E-state index contributed by atoms with van der Waals surface area (Å²) < 4.78 is 43.8. The number of sulfonamides is 1. The second-order valence-electron chi connectivity index (χ2n) is 9.52. The van der Waals surface area contributed by atoms with E-state index < -0.39 is 67.7 Å². The number of nitrogens with zero attached hydrogens (tertiary/aromatic N) is 2. The molecule has 13 heteroatoms. The topological polar surface area (TPSA) is 163 Å². The number of aliphatic hydroxyl groups is 1. The van der Waals surface area contributed by atoms with Crippen molar-refractivity contribution >= 4 is 27.6 Å². The molecule has 1 aromatic carbocycles. The Morgan fingerprint density at radius 1 is 1.06 bits per heavy atom. The highest BCUT2D eigenvalue weighted by Crippen LogP contribution is 2.29. The molecule has 35 heavy (non-hydrogen) atoms. The van der Waals surface area contributed by atoms with Crippen molar-refractivity contribution in [3.63, 3.8) is 0 Å². The van der Waals surface area contributed by atoms with Crippen LogP contribution in [0.2, 0.25) is 0 Å². The van der Waals surface area contributed by atoms with Gasteiger partial charge in [0.2, 0.25) is 0 Å². The van der Waals surface area contributed by atoms with Crippen molar-refractivity contribution in [2.45, 2.75) is 70.1 Å². The van der Waals surface area contributed by atoms with Gasteiger partial charge in [0, 0.05) is 12.6 Å². The number of benzene rings is 1. The largest absolute Gasteiger partial charge is 0.460 e. The summed E-state index contributed by atoms with van der Waals surface area (Å²) in [4.78, 5) is 35.8. The Labute approximate surface area is 205 Å². The number of esters is 2. The third-order valence-corrected chi connectivity index (χ3v) is 6.10. The lowest BCUT2D eigenvalue weighted by Crippen LogP contribution is -2.50. The Kier molecular flexibility index (Phi) is 10.8. The van der Waals surface area contributed by atoms with Crippen LogP contribution in [0.4, 0.5) is 5.69 Å². The van der Waals surface area contributed by atoms with Gasteiger partial charge in [0.25, 0.3) is 15.7 Å². The van der Waals surface area contributed by atoms with E-state index in [1.165, 1.54) is 12.1 Å². The summed E-state index contributed by atoms with van der Waals surface area (Å²) in [6.07, 6.45) is -0.702. The number of nitro groups is 1. The second-order valence-corrected chi connectivity index (χ2v) is 11.4. The van der Waals surface area contributed by atoms with Gasteiger partial charge in [-0.05, 0) is 47.6 Å². The molecule has 0 aliphatic rings. The Bertz CT molecular complexity index is 996. The van der Waals surface area contributed by atoms with Crippen molar-refractivity contribution in [1.82, 2.24) is 4.31 Å². The number of ether oxygens (including phenoxy) is 3. The number of hydrogen-bond donors (Lipinski definition) is 1. The smallest absolute Gasteiger partial charge is 0.325 e. The van der Waals surface area contributed by atoms with Gasteiger partial charge >= 0.3 is 11.9 Å². The first-order valence-electron chi connectivity index (χ1n) is 10.9. The maximum Gasteiger partial charge on any atom is 0.325 e. The summed E-state index contributed by atoms with van der Waals surface area (Å²) in [5.41, 5.74) is -2.64. The molecule has 0 aliphatic carbocycles. The highest BCUT2D eigenvalue weighted by molar-refractivity contribution is 7.89. The Morgan fingerprint density at radius 2 is 1.63 bits per heavy atom. The molecule has 0 aromatic heterocycles. The SMILES string of the molecule is CC(C)(C)OC(=O)C[C@H](C(=O)OC(C)(C)C)N(CCOCCO)S(=O)(=O)c1ccccc1[N+](=O)[O-]. The van der Waals surface area contributed by atoms with Crippen LogP contribution < -0.4 is 0 Å². The van der Waals surface area contributed by atoms with E-state index in [0.717, 1.165) is 12.1 Å². The number of carbonyl (C=O) groups is 2. The van der Waals surface area contributed by atoms with E-state index in [4.69, 9.17) is 19.3 Å². The van der Waals surface area contributed by atoms with E-state index in [0.29, 0.717) is 4.31 Å². The molecule has 1 N–H and O–H groups in total. The average Bonchev–Trinajstić information content (AvgIpc) is 2.69. The Balaban J connectivity index is 3.60. The van der Waals surface area contributed by atoms with Crippen LogP contribution in [0.5, 0.6) is 0 Å². The first-order chi connectivity index (χ1) is 16.0. The normalized spacial score (nSPS) is 13.4. The maximum atomic E-state index is 13.7. The molecule has 0 heterocycles. The van der Waals surface area contributed by atoms with Crippen molar-refractivity contribution in [3.8, 4) is 0 Å². The Morgan fingerprint density at radius 3 is 2.14 bits per heavy atom. The van der Waals surface area contributed by atoms with E-state index in [1.807, 2.05) is 0 Å². The molecule has 0 fully saturated rings. The van der Waals surface area contributed by atoms with E-state index in [1.54, 1.807) is 41.5 Å². The van der Waals surface area contributed by atoms with E-state index in [-0.39, 0.29) is 19.8 Å². The number of aliphatic hydroxyl groups excluding tert-OH is 1. The van der Waals surface area contributed by atoms with Gasteiger partial charge in [0.15, 0.2) is 4.90 Å². The van der Waals surface area contributed by atoms with Crippen LogP contribution in [0, 0.1) is 10.1 Å². The van der Waals surface area contributed by atoms with Crippen LogP contribution in [0.3, 0.4) is 0 Å². The van der Waals surface area contributed by atoms with Gasteiger partial charge < -0.3 is 19.3 Å². The van der Waals surface area contributed by atoms with Crippen LogP contribution in [0.15, 0.2) is 29.2 Å². The summed E-state index contributed by atoms with van der Waals surface area (Å²) in [6.45, 7) is 8.37. The molecule has 1 aromatic rings. The highest BCUT2D eigenvalue weighted by Gasteiger charge is 2.42. The monoisotopic (exact) mass is 518 g/mol. The first kappa shape index (κ1) is 30.4. The molecule has 0 amide bonds. The van der Waals surface area contributed by atoms with Gasteiger partial charge in [-0.15, -0.1) is 0 Å². The fourth-order valence-corrected chi connectivity index (χ4v) is 4.65. The lowest BCUT2D eigenvalue weighted by molar-refractivity contribution is -0.387. The minimum absolute atomic E-state index is 0.109. The lowest BCUT2D eigenvalue weighted by Gasteiger charge is -2.32. The predicted molar refractivity (Wildman–Crippen MR) is 125 cm³/mol. The number of hydrogen-bond acceptors (Lipinski definition) is 10. The lowest BCUT2D eigenvalue weighted by atomic mass is 10.1. The predicted octanol–water partition coefficient (Wildman–Crippen LogP) is 2.04. The van der Waals surface area contributed by atoms with Gasteiger partial charge in [-0.2, -0.15) is 4.31 Å². The van der Waals surface area contributed by atoms with Gasteiger partial charge in [0.1, 0.15) is 17.2 Å². The third kappa shape index (κ3) is 9.88. The zero-order chi connectivity index (χ0) is 27.0. The van der Waals surface area contributed by atoms with E-state index in [9.17, 15) is 28.1 Å². The molecular weight excluding hydrogens is 484 g/mol. The van der Waals surface area contributed by atoms with Gasteiger partial charge in [-0.1, -0.05) is 12.1 Å². The van der Waals surface area contributed by atoms with Gasteiger partial charge in [0.05, 0.1) is 31.2 Å². The van der Waals surface area contributed by atoms with Gasteiger partial charge in [-0.3, -0.25) is 19.7 Å². The summed E-state index contributed by atoms with van der Waals surface area (Å²) in [5.74, 6) is -1.90. The number of carbonyl (C=O) groups excluding carboxylic acids is 2. The summed E-state index contributed by atoms with van der Waals surface area (Å²) >= 11 is 0. The van der Waals surface area contributed by atoms with Crippen LogP contribution in [0.1, 0.15) is 48.0 Å². The second kappa shape index (κ2) is 12.4. The Hall–Kier alpha value is -2.61. The molecule has 12 nitrogen and oxygen atoms in total. The molecule has 0 bridgehead atoms. The van der Waals surface area contributed by atoms with Crippen LogP contribution in [0.25, 0.3) is 0 Å². The molecule has 0 saturated carbocycles. The molecule has 0 aliphatic heterocycles. The molecule has 0 saturated heterocycles. The molecule has 1 rings (SSSR count). The quantitative estimate of drug-likeness (QED) is 0.187. The minimum atomic E-state index is -4.71. The van der Waals surface area contributed by atoms with Gasteiger partial charge in [-0.25, -0.2) is 8.42 Å². The van der Waals surface area contributed by atoms with E-state index >= 15 is 0 Å². The molecule has 1 atom stereocenters. The molecule has 0 radical (unpaired) electrons. The first-order valence-corrected chi connectivity index (χ1v) is 12.3. The van der Waals surface area contributed by atoms with Crippen molar-refractivity contribution in [2.24, 2.45) is 0 Å². The number of para-hydroxylation sites is 1. The zero-order valence-corrected chi connectivity index (χ0v) is 21.7. The maximum absolute atomic E-state index is 13.7. The average molecular weight is 519 g/mol. The molecule has 0 spiro atoms. The van der Waals surface area contributed by atoms with Crippen molar-refractivity contribution < 1.29 is 42.2 Å². The van der Waals surface area contributed by atoms with Crippen molar-refractivity contribution in [2.75, 3.05) is 26.4 Å². The van der Waals surface area contributed by atoms with Crippen LogP contribution >= 0.6 is 0 Å². The summed E-state index contributed by atoms with van der Waals surface area (Å²) in [6, 6.07) is 2.96.